The maximum absolute atomic E-state index is 11.9. The molecule has 8 nitrogen and oxygen atoms in total. The van der Waals surface area contributed by atoms with Crippen LogP contribution < -0.4 is 14.8 Å². The predicted molar refractivity (Wildman–Crippen MR) is 132 cm³/mol. The van der Waals surface area contributed by atoms with Gasteiger partial charge in [0.15, 0.2) is 23.0 Å². The highest BCUT2D eigenvalue weighted by molar-refractivity contribution is 5.88. The van der Waals surface area contributed by atoms with Crippen LogP contribution in [0.3, 0.4) is 0 Å². The lowest BCUT2D eigenvalue weighted by Gasteiger charge is -2.24. The summed E-state index contributed by atoms with van der Waals surface area (Å²) >= 11 is 0. The maximum atomic E-state index is 11.9. The molecular formula is C27H26N4O4. The summed E-state index contributed by atoms with van der Waals surface area (Å²) in [5.41, 5.74) is 5.48. The third kappa shape index (κ3) is 4.33. The highest BCUT2D eigenvalue weighted by Crippen LogP contribution is 2.34. The minimum absolute atomic E-state index is 0.127. The molecule has 1 aliphatic carbocycles. The van der Waals surface area contributed by atoms with Crippen LogP contribution in [0.25, 0.3) is 16.9 Å². The van der Waals surface area contributed by atoms with E-state index in [0.717, 1.165) is 54.1 Å². The van der Waals surface area contributed by atoms with Gasteiger partial charge in [-0.2, -0.15) is 0 Å². The van der Waals surface area contributed by atoms with E-state index in [-0.39, 0.29) is 11.9 Å². The van der Waals surface area contributed by atoms with Gasteiger partial charge in [0.1, 0.15) is 11.9 Å². The van der Waals surface area contributed by atoms with E-state index < -0.39 is 0 Å². The van der Waals surface area contributed by atoms with Gasteiger partial charge < -0.3 is 23.9 Å². The summed E-state index contributed by atoms with van der Waals surface area (Å²) in [7, 11) is 1.64. The molecule has 2 aromatic heterocycles. The number of ketones is 1. The molecule has 0 unspecified atom stereocenters. The molecule has 35 heavy (non-hydrogen) atoms. The lowest BCUT2D eigenvalue weighted by molar-refractivity contribution is -0.117. The summed E-state index contributed by atoms with van der Waals surface area (Å²) in [4.78, 5) is 21.2. The highest BCUT2D eigenvalue weighted by Gasteiger charge is 2.20. The Balaban J connectivity index is 1.31. The van der Waals surface area contributed by atoms with Gasteiger partial charge in [0.05, 0.1) is 26.0 Å². The summed E-state index contributed by atoms with van der Waals surface area (Å²) in [6.07, 6.45) is 8.48. The number of nitrogens with zero attached hydrogens (tertiary/aromatic N) is 3. The lowest BCUT2D eigenvalue weighted by Crippen LogP contribution is -2.26. The smallest absolute Gasteiger partial charge is 0.180 e. The molecule has 8 heteroatoms. The van der Waals surface area contributed by atoms with E-state index in [2.05, 4.69) is 16.4 Å². The number of aromatic nitrogens is 3. The minimum atomic E-state index is 0.127. The molecule has 6 rings (SSSR count). The van der Waals surface area contributed by atoms with Gasteiger partial charge in [0.2, 0.25) is 0 Å². The number of nitrogens with one attached hydrogen (secondary N) is 1. The third-order valence-corrected chi connectivity index (χ3v) is 6.54. The molecule has 0 amide bonds. The average Bonchev–Trinajstić information content (AvgIpc) is 3.50. The molecule has 1 N–H and O–H groups in total. The Bertz CT molecular complexity index is 1410. The molecule has 0 saturated carbocycles. The molecule has 0 bridgehead atoms. The Hall–Kier alpha value is -3.91. The molecule has 1 saturated heterocycles. The molecule has 0 spiro atoms. The van der Waals surface area contributed by atoms with E-state index in [9.17, 15) is 4.79 Å². The van der Waals surface area contributed by atoms with Crippen molar-refractivity contribution < 1.29 is 19.0 Å². The van der Waals surface area contributed by atoms with Crippen molar-refractivity contribution in [1.82, 2.24) is 14.4 Å². The van der Waals surface area contributed by atoms with Crippen molar-refractivity contribution in [3.8, 4) is 22.8 Å². The Kier molecular flexibility index (Phi) is 5.58. The fourth-order valence-electron chi connectivity index (χ4n) is 4.72. The van der Waals surface area contributed by atoms with Crippen LogP contribution in [-0.2, 0) is 22.4 Å². The summed E-state index contributed by atoms with van der Waals surface area (Å²) in [6, 6.07) is 11.9. The predicted octanol–water partition coefficient (Wildman–Crippen LogP) is 4.37. The van der Waals surface area contributed by atoms with Gasteiger partial charge in [-0.05, 0) is 29.3 Å². The van der Waals surface area contributed by atoms with E-state index in [0.29, 0.717) is 35.8 Å². The standard InChI is InChI=1S/C27H26N4O4/c1-33-25-15-20(4-5-24(25)35-22-6-10-34-11-7-22)29-26-27-28-8-9-31(27)16-23(30-26)18-3-2-17-13-21(32)14-19(17)12-18/h2-5,8-9,12,15-16,22H,6-7,10-11,13-14H2,1H3,(H,29,30). The van der Waals surface area contributed by atoms with Crippen molar-refractivity contribution >= 4 is 22.9 Å². The first kappa shape index (κ1) is 21.6. The van der Waals surface area contributed by atoms with Crippen LogP contribution in [0.2, 0.25) is 0 Å². The average molecular weight is 471 g/mol. The number of Topliss-reactive ketones (excluding diaryl/α,β-unsaturated/α-hetero) is 1. The molecule has 0 atom stereocenters. The summed E-state index contributed by atoms with van der Waals surface area (Å²) in [5.74, 6) is 2.26. The number of fused-ring (bicyclic) bond motifs is 2. The van der Waals surface area contributed by atoms with Crippen LogP contribution in [0.4, 0.5) is 11.5 Å². The number of carbonyl (C=O) groups excluding carboxylic acids is 1. The second-order valence-electron chi connectivity index (χ2n) is 8.93. The van der Waals surface area contributed by atoms with Crippen molar-refractivity contribution in [2.24, 2.45) is 0 Å². The van der Waals surface area contributed by atoms with Crippen LogP contribution >= 0.6 is 0 Å². The van der Waals surface area contributed by atoms with E-state index >= 15 is 0 Å². The second kappa shape index (κ2) is 9.03. The second-order valence-corrected chi connectivity index (χ2v) is 8.93. The van der Waals surface area contributed by atoms with E-state index in [1.807, 2.05) is 47.1 Å². The first-order valence-electron chi connectivity index (χ1n) is 11.8. The zero-order valence-electron chi connectivity index (χ0n) is 19.5. The van der Waals surface area contributed by atoms with Crippen molar-refractivity contribution in [3.05, 3.63) is 66.1 Å². The molecule has 178 valence electrons. The molecular weight excluding hydrogens is 444 g/mol. The van der Waals surface area contributed by atoms with Crippen molar-refractivity contribution in [2.45, 2.75) is 31.8 Å². The number of imidazole rings is 1. The number of anilines is 2. The topological polar surface area (TPSA) is 87.0 Å². The molecule has 0 radical (unpaired) electrons. The molecule has 1 fully saturated rings. The van der Waals surface area contributed by atoms with E-state index in [1.54, 1.807) is 13.3 Å². The number of ether oxygens (including phenoxy) is 3. The third-order valence-electron chi connectivity index (χ3n) is 6.54. The summed E-state index contributed by atoms with van der Waals surface area (Å²) in [5, 5.41) is 3.40. The zero-order chi connectivity index (χ0) is 23.8. The monoisotopic (exact) mass is 470 g/mol. The van der Waals surface area contributed by atoms with E-state index in [4.69, 9.17) is 19.2 Å². The van der Waals surface area contributed by atoms with Crippen LogP contribution in [0, 0.1) is 0 Å². The first-order valence-corrected chi connectivity index (χ1v) is 11.8. The van der Waals surface area contributed by atoms with Gasteiger partial charge in [-0.3, -0.25) is 4.79 Å². The molecule has 2 aliphatic rings. The largest absolute Gasteiger partial charge is 0.493 e. The fourth-order valence-corrected chi connectivity index (χ4v) is 4.72. The highest BCUT2D eigenvalue weighted by atomic mass is 16.5. The molecule has 4 aromatic rings. The Labute approximate surface area is 202 Å². The fraction of sp³-hybridized carbons (Fsp3) is 0.296. The zero-order valence-corrected chi connectivity index (χ0v) is 19.5. The van der Waals surface area contributed by atoms with E-state index in [1.165, 1.54) is 0 Å². The van der Waals surface area contributed by atoms with Crippen LogP contribution in [0.1, 0.15) is 24.0 Å². The van der Waals surface area contributed by atoms with Crippen molar-refractivity contribution in [1.29, 1.82) is 0 Å². The minimum Gasteiger partial charge on any atom is -0.493 e. The molecule has 3 heterocycles. The van der Waals surface area contributed by atoms with Crippen LogP contribution in [-0.4, -0.2) is 46.6 Å². The van der Waals surface area contributed by atoms with Crippen molar-refractivity contribution in [2.75, 3.05) is 25.6 Å². The van der Waals surface area contributed by atoms with Gasteiger partial charge in [0, 0.05) is 61.6 Å². The van der Waals surface area contributed by atoms with Gasteiger partial charge in [0.25, 0.3) is 0 Å². The normalized spacial score (nSPS) is 15.9. The Morgan fingerprint density at radius 3 is 2.77 bits per heavy atom. The van der Waals surface area contributed by atoms with Crippen LogP contribution in [0.15, 0.2) is 55.0 Å². The first-order chi connectivity index (χ1) is 17.2. The number of benzene rings is 2. The van der Waals surface area contributed by atoms with Gasteiger partial charge in [-0.1, -0.05) is 12.1 Å². The quantitative estimate of drug-likeness (QED) is 0.448. The SMILES string of the molecule is COc1cc(Nc2nc(-c3ccc4c(c3)CC(=O)C4)cn3ccnc23)ccc1OC1CCOCC1. The number of carbonyl (C=O) groups is 1. The lowest BCUT2D eigenvalue weighted by atomic mass is 10.0. The number of hydrogen-bond donors (Lipinski definition) is 1. The number of methoxy groups -OCH3 is 1. The Morgan fingerprint density at radius 2 is 1.91 bits per heavy atom. The van der Waals surface area contributed by atoms with Crippen LogP contribution in [0.5, 0.6) is 11.5 Å². The number of rotatable bonds is 6. The van der Waals surface area contributed by atoms with Gasteiger partial charge in [-0.25, -0.2) is 9.97 Å². The summed E-state index contributed by atoms with van der Waals surface area (Å²) in [6.45, 7) is 1.44. The van der Waals surface area contributed by atoms with Crippen molar-refractivity contribution in [3.63, 3.8) is 0 Å². The molecule has 2 aromatic carbocycles. The number of hydrogen-bond acceptors (Lipinski definition) is 7. The van der Waals surface area contributed by atoms with Gasteiger partial charge in [-0.15, -0.1) is 0 Å². The Morgan fingerprint density at radius 1 is 1.06 bits per heavy atom. The maximum Gasteiger partial charge on any atom is 0.180 e. The molecule has 1 aliphatic heterocycles. The summed E-state index contributed by atoms with van der Waals surface area (Å²) < 4.78 is 19.2. The van der Waals surface area contributed by atoms with Gasteiger partial charge >= 0.3 is 0 Å².